The molecule has 0 saturated carbocycles. The Kier molecular flexibility index (Phi) is 7.33. The molecule has 4 heterocycles. The highest BCUT2D eigenvalue weighted by Crippen LogP contribution is 2.42. The monoisotopic (exact) mass is 589 g/mol. The molecule has 0 radical (unpaired) electrons. The average molecular weight is 590 g/mol. The number of carbonyl (C=O) groups is 2. The number of hydrogen-bond donors (Lipinski definition) is 1. The van der Waals surface area contributed by atoms with Gasteiger partial charge in [-0.3, -0.25) is 14.5 Å². The minimum absolute atomic E-state index is 0.00738. The van der Waals surface area contributed by atoms with Crippen molar-refractivity contribution >= 4 is 34.7 Å². The van der Waals surface area contributed by atoms with E-state index in [1.54, 1.807) is 11.3 Å². The fourth-order valence-electron chi connectivity index (χ4n) is 6.89. The third kappa shape index (κ3) is 4.75. The van der Waals surface area contributed by atoms with Crippen LogP contribution in [0.15, 0.2) is 114 Å². The third-order valence-corrected chi connectivity index (χ3v) is 10.0. The summed E-state index contributed by atoms with van der Waals surface area (Å²) in [5.41, 5.74) is 1.23. The van der Waals surface area contributed by atoms with Crippen LogP contribution in [0.3, 0.4) is 0 Å². The van der Waals surface area contributed by atoms with Crippen LogP contribution in [0.1, 0.15) is 35.3 Å². The lowest BCUT2D eigenvalue weighted by Crippen LogP contribution is -2.56. The van der Waals surface area contributed by atoms with Crippen molar-refractivity contribution in [2.45, 2.75) is 30.3 Å². The van der Waals surface area contributed by atoms with Crippen LogP contribution in [0.25, 0.3) is 0 Å². The van der Waals surface area contributed by atoms with E-state index in [2.05, 4.69) is 27.2 Å². The number of nitrogens with zero attached hydrogens (tertiary/aromatic N) is 4. The molecule has 1 aromatic heterocycles. The molecule has 218 valence electrons. The van der Waals surface area contributed by atoms with Crippen molar-refractivity contribution in [2.24, 2.45) is 4.99 Å². The Hall–Kier alpha value is -4.27. The first-order valence-corrected chi connectivity index (χ1v) is 15.9. The minimum Gasteiger partial charge on any atom is -0.339 e. The molecule has 43 heavy (non-hydrogen) atoms. The molecule has 3 aromatic carbocycles. The molecule has 0 atom stereocenters. The van der Waals surface area contributed by atoms with Crippen molar-refractivity contribution in [3.8, 4) is 0 Å². The van der Waals surface area contributed by atoms with E-state index in [1.165, 1.54) is 0 Å². The third-order valence-electron chi connectivity index (χ3n) is 9.15. The van der Waals surface area contributed by atoms with Crippen molar-refractivity contribution < 1.29 is 9.59 Å². The van der Waals surface area contributed by atoms with Crippen LogP contribution in [-0.2, 0) is 15.1 Å². The largest absolute Gasteiger partial charge is 0.339 e. The van der Waals surface area contributed by atoms with E-state index in [0.717, 1.165) is 66.4 Å². The van der Waals surface area contributed by atoms with Gasteiger partial charge in [-0.05, 0) is 60.5 Å². The van der Waals surface area contributed by atoms with Gasteiger partial charge in [0.05, 0.1) is 11.5 Å². The molecule has 7 rings (SSSR count). The molecule has 2 saturated heterocycles. The lowest BCUT2D eigenvalue weighted by molar-refractivity contribution is -0.130. The van der Waals surface area contributed by atoms with Gasteiger partial charge in [-0.1, -0.05) is 84.9 Å². The standard InChI is InChI=1S/C35H35N5O2S/c41-32-34(40(26-36-32)29-16-8-3-9-17-29)19-23-38(24-20-34)21-11-22-39-31(30-18-10-25-43-30)37-35(33(39)42,27-12-4-1-5-13-27)28-14-6-2-7-15-28/h1-10,12-18,25H,11,19-24,26H2,(H,36,41). The highest BCUT2D eigenvalue weighted by atomic mass is 32.1. The van der Waals surface area contributed by atoms with Gasteiger partial charge in [-0.25, -0.2) is 4.99 Å². The molecule has 0 aliphatic carbocycles. The van der Waals surface area contributed by atoms with Crippen LogP contribution < -0.4 is 10.2 Å². The topological polar surface area (TPSA) is 68.2 Å². The zero-order valence-corrected chi connectivity index (χ0v) is 24.9. The summed E-state index contributed by atoms with van der Waals surface area (Å²) in [6, 6.07) is 34.2. The molecular weight excluding hydrogens is 554 g/mol. The first-order chi connectivity index (χ1) is 21.1. The SMILES string of the molecule is O=C1N(CCCN2CCC3(CC2)C(=O)NCN3c2ccccc2)C(c2cccs2)=NC1(c1ccccc1)c1ccccc1. The lowest BCUT2D eigenvalue weighted by atomic mass is 9.83. The number of aliphatic imine (C=N–C) groups is 1. The molecule has 4 aromatic rings. The normalized spacial score (nSPS) is 19.6. The van der Waals surface area contributed by atoms with E-state index in [0.29, 0.717) is 13.2 Å². The maximum absolute atomic E-state index is 14.5. The number of amidine groups is 1. The Morgan fingerprint density at radius 1 is 0.767 bits per heavy atom. The molecule has 3 aliphatic rings. The number of likely N-dealkylation sites (tertiary alicyclic amines) is 1. The average Bonchev–Trinajstić information content (AvgIpc) is 3.78. The Morgan fingerprint density at radius 2 is 1.40 bits per heavy atom. The van der Waals surface area contributed by atoms with Crippen LogP contribution in [0.2, 0.25) is 0 Å². The fourth-order valence-corrected chi connectivity index (χ4v) is 7.62. The van der Waals surface area contributed by atoms with E-state index >= 15 is 0 Å². The Balaban J connectivity index is 1.09. The highest BCUT2D eigenvalue weighted by Gasteiger charge is 2.52. The van der Waals surface area contributed by atoms with Crippen molar-refractivity contribution in [3.63, 3.8) is 0 Å². The summed E-state index contributed by atoms with van der Waals surface area (Å²) < 4.78 is 0. The number of carbonyl (C=O) groups excluding carboxylic acids is 2. The van der Waals surface area contributed by atoms with E-state index in [-0.39, 0.29) is 11.8 Å². The number of amides is 2. The zero-order valence-electron chi connectivity index (χ0n) is 24.1. The van der Waals surface area contributed by atoms with Crippen molar-refractivity contribution in [3.05, 3.63) is 125 Å². The first-order valence-electron chi connectivity index (χ1n) is 15.0. The number of thiophene rings is 1. The first kappa shape index (κ1) is 27.6. The summed E-state index contributed by atoms with van der Waals surface area (Å²) in [6.07, 6.45) is 2.38. The fraction of sp³-hybridized carbons (Fsp3) is 0.286. The number of anilines is 1. The number of piperidine rings is 1. The second-order valence-corrected chi connectivity index (χ2v) is 12.4. The number of hydrogen-bond acceptors (Lipinski definition) is 6. The van der Waals surface area contributed by atoms with E-state index in [4.69, 9.17) is 4.99 Å². The van der Waals surface area contributed by atoms with Crippen molar-refractivity contribution in [2.75, 3.05) is 37.7 Å². The zero-order chi connectivity index (χ0) is 29.3. The van der Waals surface area contributed by atoms with Gasteiger partial charge in [0.1, 0.15) is 11.4 Å². The molecule has 8 heteroatoms. The lowest BCUT2D eigenvalue weighted by Gasteiger charge is -2.43. The van der Waals surface area contributed by atoms with Gasteiger partial charge in [-0.2, -0.15) is 0 Å². The number of nitrogens with one attached hydrogen (secondary N) is 1. The number of rotatable bonds is 8. The maximum Gasteiger partial charge on any atom is 0.265 e. The second kappa shape index (κ2) is 11.4. The molecule has 0 unspecified atom stereocenters. The molecular formula is C35H35N5O2S. The maximum atomic E-state index is 14.5. The smallest absolute Gasteiger partial charge is 0.265 e. The predicted molar refractivity (Wildman–Crippen MR) is 171 cm³/mol. The molecule has 2 fully saturated rings. The Morgan fingerprint density at radius 3 is 2.00 bits per heavy atom. The summed E-state index contributed by atoms with van der Waals surface area (Å²) in [4.78, 5) is 40.5. The van der Waals surface area contributed by atoms with Crippen molar-refractivity contribution in [1.29, 1.82) is 0 Å². The summed E-state index contributed by atoms with van der Waals surface area (Å²) in [6.45, 7) is 3.67. The number of para-hydroxylation sites is 1. The van der Waals surface area contributed by atoms with Gasteiger partial charge in [-0.15, -0.1) is 11.3 Å². The highest BCUT2D eigenvalue weighted by molar-refractivity contribution is 7.12. The molecule has 3 aliphatic heterocycles. The molecule has 0 bridgehead atoms. The van der Waals surface area contributed by atoms with Crippen LogP contribution in [-0.4, -0.2) is 65.8 Å². The van der Waals surface area contributed by atoms with Gasteiger partial charge < -0.3 is 15.1 Å². The van der Waals surface area contributed by atoms with Gasteiger partial charge in [0.15, 0.2) is 5.54 Å². The number of benzene rings is 3. The summed E-state index contributed by atoms with van der Waals surface area (Å²) in [5, 5.41) is 5.13. The van der Waals surface area contributed by atoms with Crippen LogP contribution >= 0.6 is 11.3 Å². The molecule has 2 amide bonds. The van der Waals surface area contributed by atoms with Crippen molar-refractivity contribution in [1.82, 2.24) is 15.1 Å². The summed E-state index contributed by atoms with van der Waals surface area (Å²) >= 11 is 1.61. The van der Waals surface area contributed by atoms with Gasteiger partial charge >= 0.3 is 0 Å². The van der Waals surface area contributed by atoms with Gasteiger partial charge in [0, 0.05) is 25.3 Å². The van der Waals surface area contributed by atoms with Gasteiger partial charge in [0.25, 0.3) is 5.91 Å². The second-order valence-electron chi connectivity index (χ2n) is 11.5. The van der Waals surface area contributed by atoms with E-state index < -0.39 is 11.1 Å². The molecule has 7 nitrogen and oxygen atoms in total. The molecule has 1 N–H and O–H groups in total. The summed E-state index contributed by atoms with van der Waals surface area (Å²) in [5.74, 6) is 0.868. The Labute approximate surface area is 256 Å². The van der Waals surface area contributed by atoms with Crippen LogP contribution in [0, 0.1) is 0 Å². The Bertz CT molecular complexity index is 1560. The molecule has 1 spiro atoms. The summed E-state index contributed by atoms with van der Waals surface area (Å²) in [7, 11) is 0. The van der Waals surface area contributed by atoms with Gasteiger partial charge in [0.2, 0.25) is 5.91 Å². The van der Waals surface area contributed by atoms with Crippen LogP contribution in [0.5, 0.6) is 0 Å². The van der Waals surface area contributed by atoms with Crippen LogP contribution in [0.4, 0.5) is 5.69 Å². The quantitative estimate of drug-likeness (QED) is 0.311. The predicted octanol–water partition coefficient (Wildman–Crippen LogP) is 5.10. The van der Waals surface area contributed by atoms with E-state index in [1.807, 2.05) is 101 Å². The van der Waals surface area contributed by atoms with E-state index in [9.17, 15) is 9.59 Å². The minimum atomic E-state index is -1.11.